The van der Waals surface area contributed by atoms with Gasteiger partial charge in [0.1, 0.15) is 17.9 Å². The van der Waals surface area contributed by atoms with E-state index in [9.17, 15) is 9.90 Å². The van der Waals surface area contributed by atoms with Gasteiger partial charge in [-0.05, 0) is 24.6 Å². The van der Waals surface area contributed by atoms with Gasteiger partial charge in [-0.15, -0.1) is 0 Å². The molecule has 0 amide bonds. The lowest BCUT2D eigenvalue weighted by Crippen LogP contribution is -2.12. The van der Waals surface area contributed by atoms with Gasteiger partial charge >= 0.3 is 5.97 Å². The van der Waals surface area contributed by atoms with Crippen LogP contribution in [0, 0.1) is 6.92 Å². The first kappa shape index (κ1) is 15.8. The second-order valence-electron chi connectivity index (χ2n) is 5.46. The molecule has 0 fully saturated rings. The van der Waals surface area contributed by atoms with Crippen molar-refractivity contribution in [3.63, 3.8) is 0 Å². The number of hydrogen-bond acceptors (Lipinski definition) is 3. The third-order valence-electron chi connectivity index (χ3n) is 3.74. The number of carboxylic acid groups (broad SMARTS) is 1. The van der Waals surface area contributed by atoms with Crippen molar-refractivity contribution in [1.82, 2.24) is 9.78 Å². The summed E-state index contributed by atoms with van der Waals surface area (Å²) >= 11 is 0. The fourth-order valence-corrected chi connectivity index (χ4v) is 2.61. The molecule has 3 aromatic rings. The largest absolute Gasteiger partial charge is 0.487 e. The molecule has 0 unspecified atom stereocenters. The highest BCUT2D eigenvalue weighted by Gasteiger charge is 2.21. The number of para-hydroxylation sites is 1. The molecule has 0 aliphatic rings. The van der Waals surface area contributed by atoms with Crippen LogP contribution in [-0.2, 0) is 13.2 Å². The third-order valence-corrected chi connectivity index (χ3v) is 3.74. The van der Waals surface area contributed by atoms with Gasteiger partial charge in [0.25, 0.3) is 0 Å². The molecule has 0 saturated carbocycles. The molecular weight excluding hydrogens is 304 g/mol. The monoisotopic (exact) mass is 322 g/mol. The van der Waals surface area contributed by atoms with E-state index in [4.69, 9.17) is 4.74 Å². The summed E-state index contributed by atoms with van der Waals surface area (Å²) in [4.78, 5) is 11.6. The Hall–Kier alpha value is -3.08. The molecule has 0 aliphatic carbocycles. The molecule has 5 heteroatoms. The minimum Gasteiger partial charge on any atom is -0.487 e. The topological polar surface area (TPSA) is 64.4 Å². The highest BCUT2D eigenvalue weighted by atomic mass is 16.5. The Bertz CT molecular complexity index is 827. The van der Waals surface area contributed by atoms with Crippen LogP contribution in [0.3, 0.4) is 0 Å². The van der Waals surface area contributed by atoms with E-state index in [-0.39, 0.29) is 12.2 Å². The Morgan fingerprint density at radius 1 is 1.08 bits per heavy atom. The maximum absolute atomic E-state index is 11.6. The number of carboxylic acids is 1. The minimum atomic E-state index is -0.988. The van der Waals surface area contributed by atoms with Crippen LogP contribution in [0.1, 0.15) is 27.3 Å². The smallest absolute Gasteiger partial charge is 0.339 e. The Morgan fingerprint density at radius 2 is 1.71 bits per heavy atom. The summed E-state index contributed by atoms with van der Waals surface area (Å²) < 4.78 is 7.46. The van der Waals surface area contributed by atoms with Crippen molar-refractivity contribution in [3.8, 4) is 5.75 Å². The Labute approximate surface area is 140 Å². The van der Waals surface area contributed by atoms with E-state index in [1.54, 1.807) is 11.6 Å². The van der Waals surface area contributed by atoms with Gasteiger partial charge in [-0.2, -0.15) is 5.10 Å². The van der Waals surface area contributed by atoms with Crippen molar-refractivity contribution in [2.45, 2.75) is 20.1 Å². The Morgan fingerprint density at radius 3 is 2.33 bits per heavy atom. The first-order chi connectivity index (χ1) is 11.6. The van der Waals surface area contributed by atoms with Crippen LogP contribution in [0.25, 0.3) is 0 Å². The SMILES string of the molecule is Cc1nn(Cc2ccccc2)c(COc2ccccc2)c1C(=O)O. The van der Waals surface area contributed by atoms with Crippen molar-refractivity contribution in [2.24, 2.45) is 0 Å². The molecule has 0 aliphatic heterocycles. The van der Waals surface area contributed by atoms with Crippen LogP contribution >= 0.6 is 0 Å². The van der Waals surface area contributed by atoms with Gasteiger partial charge in [-0.3, -0.25) is 4.68 Å². The summed E-state index contributed by atoms with van der Waals surface area (Å²) in [5, 5.41) is 13.9. The molecule has 1 N–H and O–H groups in total. The van der Waals surface area contributed by atoms with Crippen molar-refractivity contribution < 1.29 is 14.6 Å². The number of nitrogens with zero attached hydrogens (tertiary/aromatic N) is 2. The van der Waals surface area contributed by atoms with E-state index >= 15 is 0 Å². The van der Waals surface area contributed by atoms with E-state index in [0.29, 0.717) is 23.7 Å². The molecule has 0 radical (unpaired) electrons. The van der Waals surface area contributed by atoms with Gasteiger partial charge in [0.05, 0.1) is 17.9 Å². The standard InChI is InChI=1S/C19H18N2O3/c1-14-18(19(22)23)17(13-24-16-10-6-3-7-11-16)21(20-14)12-15-8-4-2-5-9-15/h2-11H,12-13H2,1H3,(H,22,23). The molecule has 5 nitrogen and oxygen atoms in total. The lowest BCUT2D eigenvalue weighted by Gasteiger charge is -2.10. The second-order valence-corrected chi connectivity index (χ2v) is 5.46. The Balaban J connectivity index is 1.90. The van der Waals surface area contributed by atoms with Gasteiger partial charge in [0.2, 0.25) is 0 Å². The predicted molar refractivity (Wildman–Crippen MR) is 90.2 cm³/mol. The van der Waals surface area contributed by atoms with Gasteiger partial charge in [-0.25, -0.2) is 4.79 Å². The van der Waals surface area contributed by atoms with Crippen LogP contribution in [-0.4, -0.2) is 20.9 Å². The summed E-state index contributed by atoms with van der Waals surface area (Å²) in [7, 11) is 0. The number of ether oxygens (including phenoxy) is 1. The molecule has 24 heavy (non-hydrogen) atoms. The first-order valence-electron chi connectivity index (χ1n) is 7.66. The summed E-state index contributed by atoms with van der Waals surface area (Å²) in [6.07, 6.45) is 0. The normalized spacial score (nSPS) is 10.5. The highest BCUT2D eigenvalue weighted by molar-refractivity contribution is 5.90. The van der Waals surface area contributed by atoms with E-state index < -0.39 is 5.97 Å². The average Bonchev–Trinajstić information content (AvgIpc) is 2.90. The first-order valence-corrected chi connectivity index (χ1v) is 7.66. The molecule has 0 saturated heterocycles. The lowest BCUT2D eigenvalue weighted by molar-refractivity contribution is 0.0693. The quantitative estimate of drug-likeness (QED) is 0.754. The maximum atomic E-state index is 11.6. The van der Waals surface area contributed by atoms with Crippen LogP contribution in [0.5, 0.6) is 5.75 Å². The molecule has 2 aromatic carbocycles. The van der Waals surface area contributed by atoms with Gasteiger partial charge in [0.15, 0.2) is 0 Å². The molecule has 3 rings (SSSR count). The highest BCUT2D eigenvalue weighted by Crippen LogP contribution is 2.19. The molecule has 1 heterocycles. The fraction of sp³-hybridized carbons (Fsp3) is 0.158. The van der Waals surface area contributed by atoms with Crippen LogP contribution in [0.2, 0.25) is 0 Å². The third kappa shape index (κ3) is 3.46. The number of aryl methyl sites for hydroxylation is 1. The van der Waals surface area contributed by atoms with Gasteiger partial charge in [-0.1, -0.05) is 48.5 Å². The number of aromatic carboxylic acids is 1. The van der Waals surface area contributed by atoms with Crippen LogP contribution < -0.4 is 4.74 Å². The summed E-state index contributed by atoms with van der Waals surface area (Å²) in [5.41, 5.74) is 2.32. The van der Waals surface area contributed by atoms with Crippen LogP contribution in [0.4, 0.5) is 0 Å². The Kier molecular flexibility index (Phi) is 4.61. The van der Waals surface area contributed by atoms with Gasteiger partial charge < -0.3 is 9.84 Å². The fourth-order valence-electron chi connectivity index (χ4n) is 2.61. The maximum Gasteiger partial charge on any atom is 0.339 e. The number of hydrogen-bond donors (Lipinski definition) is 1. The lowest BCUT2D eigenvalue weighted by atomic mass is 10.2. The van der Waals surface area contributed by atoms with Crippen molar-refractivity contribution >= 4 is 5.97 Å². The zero-order valence-electron chi connectivity index (χ0n) is 13.3. The number of benzene rings is 2. The summed E-state index contributed by atoms with van der Waals surface area (Å²) in [6, 6.07) is 19.1. The van der Waals surface area contributed by atoms with Gasteiger partial charge in [0, 0.05) is 0 Å². The molecule has 0 atom stereocenters. The molecular formula is C19H18N2O3. The zero-order valence-corrected chi connectivity index (χ0v) is 13.3. The molecule has 122 valence electrons. The van der Waals surface area contributed by atoms with Crippen LogP contribution in [0.15, 0.2) is 60.7 Å². The molecule has 0 spiro atoms. The molecule has 1 aromatic heterocycles. The van der Waals surface area contributed by atoms with Crippen molar-refractivity contribution in [1.29, 1.82) is 0 Å². The summed E-state index contributed by atoms with van der Waals surface area (Å²) in [6.45, 7) is 2.36. The van der Waals surface area contributed by atoms with Crippen molar-refractivity contribution in [3.05, 3.63) is 83.2 Å². The molecule has 0 bridgehead atoms. The minimum absolute atomic E-state index is 0.152. The number of aromatic nitrogens is 2. The van der Waals surface area contributed by atoms with E-state index in [0.717, 1.165) is 5.56 Å². The van der Waals surface area contributed by atoms with E-state index in [1.807, 2.05) is 60.7 Å². The number of carbonyl (C=O) groups is 1. The van der Waals surface area contributed by atoms with E-state index in [2.05, 4.69) is 5.10 Å². The zero-order chi connectivity index (χ0) is 16.9. The average molecular weight is 322 g/mol. The number of rotatable bonds is 6. The predicted octanol–water partition coefficient (Wildman–Crippen LogP) is 3.52. The second kappa shape index (κ2) is 7.00. The van der Waals surface area contributed by atoms with E-state index in [1.165, 1.54) is 0 Å². The summed E-state index contributed by atoms with van der Waals surface area (Å²) in [5.74, 6) is -0.294. The van der Waals surface area contributed by atoms with Crippen molar-refractivity contribution in [2.75, 3.05) is 0 Å².